The molecule has 0 unspecified atom stereocenters. The van der Waals surface area contributed by atoms with E-state index in [0.717, 1.165) is 6.07 Å². The number of carbonyl (C=O) groups excluding carboxylic acids is 1. The van der Waals surface area contributed by atoms with E-state index in [1.807, 2.05) is 0 Å². The second-order valence-corrected chi connectivity index (χ2v) is 6.34. The van der Waals surface area contributed by atoms with Gasteiger partial charge in [0, 0.05) is 10.5 Å². The minimum atomic E-state index is -4.40. The van der Waals surface area contributed by atoms with Crippen molar-refractivity contribution in [2.75, 3.05) is 6.54 Å². The number of hydrogen-bond donors (Lipinski definition) is 1. The molecule has 0 aromatic heterocycles. The van der Waals surface area contributed by atoms with Crippen molar-refractivity contribution < 1.29 is 26.7 Å². The molecule has 0 amide bonds. The molecule has 0 aliphatic heterocycles. The van der Waals surface area contributed by atoms with E-state index in [-0.39, 0.29) is 4.47 Å². The maximum atomic E-state index is 13.5. The standard InChI is InChI=1S/C11H9BrF2N2O4S/c1-6(4-15)20-10(17)5-16-21(18,19)11-8(12)2-7(13)3-9(11)14/h2-3,6,16H,5H2,1H3/t6-/m1/s1. The monoisotopic (exact) mass is 382 g/mol. The van der Waals surface area contributed by atoms with Crippen LogP contribution in [0.25, 0.3) is 0 Å². The van der Waals surface area contributed by atoms with Gasteiger partial charge in [0.1, 0.15) is 29.1 Å². The molecule has 0 heterocycles. The lowest BCUT2D eigenvalue weighted by Gasteiger charge is -2.10. The molecular formula is C11H9BrF2N2O4S. The van der Waals surface area contributed by atoms with Crippen LogP contribution < -0.4 is 4.72 Å². The fourth-order valence-electron chi connectivity index (χ4n) is 1.28. The van der Waals surface area contributed by atoms with Crippen molar-refractivity contribution in [3.63, 3.8) is 0 Å². The molecule has 0 aliphatic rings. The van der Waals surface area contributed by atoms with Crippen LogP contribution in [0.4, 0.5) is 8.78 Å². The van der Waals surface area contributed by atoms with E-state index in [9.17, 15) is 22.0 Å². The SMILES string of the molecule is C[C@H](C#N)OC(=O)CNS(=O)(=O)c1c(F)cc(F)cc1Br. The molecule has 1 rings (SSSR count). The van der Waals surface area contributed by atoms with Gasteiger partial charge in [0.25, 0.3) is 0 Å². The zero-order valence-electron chi connectivity index (χ0n) is 10.6. The highest BCUT2D eigenvalue weighted by Crippen LogP contribution is 2.25. The van der Waals surface area contributed by atoms with Gasteiger partial charge in [-0.3, -0.25) is 4.79 Å². The first-order valence-corrected chi connectivity index (χ1v) is 7.68. The summed E-state index contributed by atoms with van der Waals surface area (Å²) in [6.45, 7) is 0.500. The quantitative estimate of drug-likeness (QED) is 0.777. The molecule has 114 valence electrons. The summed E-state index contributed by atoms with van der Waals surface area (Å²) in [5.41, 5.74) is 0. The van der Waals surface area contributed by atoms with Crippen molar-refractivity contribution in [1.29, 1.82) is 5.26 Å². The third kappa shape index (κ3) is 4.73. The fourth-order valence-corrected chi connectivity index (χ4v) is 3.41. The molecule has 1 N–H and O–H groups in total. The largest absolute Gasteiger partial charge is 0.446 e. The van der Waals surface area contributed by atoms with Gasteiger partial charge in [-0.1, -0.05) is 0 Å². The van der Waals surface area contributed by atoms with Crippen LogP contribution in [0.15, 0.2) is 21.5 Å². The van der Waals surface area contributed by atoms with E-state index in [2.05, 4.69) is 20.7 Å². The Labute approximate surface area is 127 Å². The normalized spacial score (nSPS) is 12.5. The highest BCUT2D eigenvalue weighted by atomic mass is 79.9. The second kappa shape index (κ2) is 6.93. The number of esters is 1. The van der Waals surface area contributed by atoms with Crippen molar-refractivity contribution in [3.8, 4) is 6.07 Å². The van der Waals surface area contributed by atoms with E-state index >= 15 is 0 Å². The summed E-state index contributed by atoms with van der Waals surface area (Å²) in [7, 11) is -4.40. The smallest absolute Gasteiger partial charge is 0.322 e. The molecular weight excluding hydrogens is 374 g/mol. The van der Waals surface area contributed by atoms with Gasteiger partial charge in [0.2, 0.25) is 10.0 Å². The molecule has 0 fully saturated rings. The summed E-state index contributed by atoms with van der Waals surface area (Å²) in [5, 5.41) is 8.43. The topological polar surface area (TPSA) is 96.3 Å². The van der Waals surface area contributed by atoms with Crippen LogP contribution in [-0.2, 0) is 19.6 Å². The Balaban J connectivity index is 2.89. The van der Waals surface area contributed by atoms with Gasteiger partial charge in [-0.15, -0.1) is 0 Å². The van der Waals surface area contributed by atoms with Crippen LogP contribution in [0, 0.1) is 23.0 Å². The lowest BCUT2D eigenvalue weighted by atomic mass is 10.3. The minimum absolute atomic E-state index is 0.328. The molecule has 1 atom stereocenters. The van der Waals surface area contributed by atoms with Crippen molar-refractivity contribution in [2.45, 2.75) is 17.9 Å². The predicted molar refractivity (Wildman–Crippen MR) is 70.4 cm³/mol. The zero-order chi connectivity index (χ0) is 16.2. The van der Waals surface area contributed by atoms with Gasteiger partial charge in [0.15, 0.2) is 6.10 Å². The number of ether oxygens (including phenoxy) is 1. The Bertz CT molecular complexity index is 680. The highest BCUT2D eigenvalue weighted by molar-refractivity contribution is 9.10. The first-order valence-electron chi connectivity index (χ1n) is 5.40. The van der Waals surface area contributed by atoms with Gasteiger partial charge >= 0.3 is 5.97 Å². The fraction of sp³-hybridized carbons (Fsp3) is 0.273. The Kier molecular flexibility index (Phi) is 5.77. The van der Waals surface area contributed by atoms with Crippen molar-refractivity contribution in [2.24, 2.45) is 0 Å². The van der Waals surface area contributed by atoms with Gasteiger partial charge in [-0.05, 0) is 28.9 Å². The molecule has 0 bridgehead atoms. The molecule has 6 nitrogen and oxygen atoms in total. The van der Waals surface area contributed by atoms with Gasteiger partial charge < -0.3 is 4.74 Å². The molecule has 10 heteroatoms. The maximum Gasteiger partial charge on any atom is 0.322 e. The molecule has 1 aromatic rings. The maximum absolute atomic E-state index is 13.5. The zero-order valence-corrected chi connectivity index (χ0v) is 13.0. The van der Waals surface area contributed by atoms with Crippen molar-refractivity contribution in [1.82, 2.24) is 4.72 Å². The minimum Gasteiger partial charge on any atom is -0.446 e. The number of hydrogen-bond acceptors (Lipinski definition) is 5. The van der Waals surface area contributed by atoms with E-state index in [1.54, 1.807) is 10.8 Å². The van der Waals surface area contributed by atoms with Crippen molar-refractivity contribution in [3.05, 3.63) is 28.2 Å². The summed E-state index contributed by atoms with van der Waals surface area (Å²) in [4.78, 5) is 10.4. The van der Waals surface area contributed by atoms with E-state index in [0.29, 0.717) is 6.07 Å². The Morgan fingerprint density at radius 2 is 2.14 bits per heavy atom. The summed E-state index contributed by atoms with van der Waals surface area (Å²) < 4.78 is 56.2. The Morgan fingerprint density at radius 3 is 2.67 bits per heavy atom. The van der Waals surface area contributed by atoms with Crippen LogP contribution in [0.1, 0.15) is 6.92 Å². The summed E-state index contributed by atoms with van der Waals surface area (Å²) in [6.07, 6.45) is -1.05. The molecule has 0 radical (unpaired) electrons. The highest BCUT2D eigenvalue weighted by Gasteiger charge is 2.24. The van der Waals surface area contributed by atoms with Gasteiger partial charge in [0.05, 0.1) is 0 Å². The van der Waals surface area contributed by atoms with Crippen LogP contribution in [0.2, 0.25) is 0 Å². The number of benzene rings is 1. The average molecular weight is 383 g/mol. The molecule has 0 aliphatic carbocycles. The number of nitriles is 1. The van der Waals surface area contributed by atoms with E-state index < -0.39 is 45.2 Å². The number of nitrogens with zero attached hydrogens (tertiary/aromatic N) is 1. The van der Waals surface area contributed by atoms with E-state index in [4.69, 9.17) is 5.26 Å². The number of rotatable bonds is 5. The molecule has 1 aromatic carbocycles. The first kappa shape index (κ1) is 17.5. The van der Waals surface area contributed by atoms with Crippen LogP contribution in [-0.4, -0.2) is 27.0 Å². The summed E-state index contributed by atoms with van der Waals surface area (Å²) in [6, 6.07) is 2.79. The second-order valence-electron chi connectivity index (χ2n) is 3.78. The van der Waals surface area contributed by atoms with Crippen molar-refractivity contribution >= 4 is 31.9 Å². The van der Waals surface area contributed by atoms with Crippen LogP contribution in [0.5, 0.6) is 0 Å². The third-order valence-electron chi connectivity index (χ3n) is 2.13. The van der Waals surface area contributed by atoms with Crippen LogP contribution in [0.3, 0.4) is 0 Å². The summed E-state index contributed by atoms with van der Waals surface area (Å²) >= 11 is 2.73. The Hall–Kier alpha value is -1.57. The average Bonchev–Trinajstić information content (AvgIpc) is 2.34. The summed E-state index contributed by atoms with van der Waals surface area (Å²) in [5.74, 6) is -3.28. The number of halogens is 3. The van der Waals surface area contributed by atoms with Gasteiger partial charge in [-0.25, -0.2) is 17.2 Å². The lowest BCUT2D eigenvalue weighted by molar-refractivity contribution is -0.144. The number of nitrogens with one attached hydrogen (secondary N) is 1. The number of sulfonamides is 1. The van der Waals surface area contributed by atoms with Gasteiger partial charge in [-0.2, -0.15) is 9.98 Å². The predicted octanol–water partition coefficient (Wildman–Crippen LogP) is 1.46. The molecule has 0 saturated heterocycles. The third-order valence-corrected chi connectivity index (χ3v) is 4.49. The lowest BCUT2D eigenvalue weighted by Crippen LogP contribution is -2.32. The molecule has 0 saturated carbocycles. The first-order chi connectivity index (χ1) is 9.67. The Morgan fingerprint density at radius 1 is 1.52 bits per heavy atom. The van der Waals surface area contributed by atoms with E-state index in [1.165, 1.54) is 6.92 Å². The van der Waals surface area contributed by atoms with Crippen LogP contribution >= 0.6 is 15.9 Å². The number of carbonyl (C=O) groups is 1. The molecule has 21 heavy (non-hydrogen) atoms. The molecule has 0 spiro atoms.